The van der Waals surface area contributed by atoms with E-state index in [-0.39, 0.29) is 5.56 Å². The van der Waals surface area contributed by atoms with Crippen molar-refractivity contribution in [1.29, 1.82) is 0 Å². The minimum atomic E-state index is -0.951. The highest BCUT2D eigenvalue weighted by Gasteiger charge is 2.22. The van der Waals surface area contributed by atoms with Gasteiger partial charge in [-0.25, -0.2) is 0 Å². The van der Waals surface area contributed by atoms with Crippen LogP contribution in [0.4, 0.5) is 0 Å². The number of aliphatic carboxylic acids is 1. The molecule has 0 aliphatic rings. The van der Waals surface area contributed by atoms with E-state index in [0.29, 0.717) is 11.1 Å². The largest absolute Gasteiger partial charge is 0.481 e. The monoisotopic (exact) mass is 285 g/mol. The predicted octanol–water partition coefficient (Wildman–Crippen LogP) is 2.93. The predicted molar refractivity (Wildman–Crippen MR) is 81.6 cm³/mol. The first-order chi connectivity index (χ1) is 10.1. The Kier molecular flexibility index (Phi) is 4.93. The molecule has 4 heteroatoms. The van der Waals surface area contributed by atoms with Gasteiger partial charge in [-0.05, 0) is 30.0 Å². The van der Waals surface area contributed by atoms with E-state index in [4.69, 9.17) is 0 Å². The Hall–Kier alpha value is -2.36. The first-order valence-corrected chi connectivity index (χ1v) is 7.12. The molecule has 1 atom stereocenters. The van der Waals surface area contributed by atoms with Gasteiger partial charge in [-0.1, -0.05) is 43.7 Å². The van der Waals surface area contributed by atoms with Gasteiger partial charge >= 0.3 is 5.97 Å². The SMILES string of the molecule is CCCCc1cc(C(C(=O)O)c2ccccc2)cc(=O)[nH]1. The Morgan fingerprint density at radius 1 is 1.19 bits per heavy atom. The van der Waals surface area contributed by atoms with E-state index in [1.54, 1.807) is 30.3 Å². The number of nitrogens with one attached hydrogen (secondary N) is 1. The lowest BCUT2D eigenvalue weighted by atomic mass is 9.91. The number of hydrogen-bond acceptors (Lipinski definition) is 2. The van der Waals surface area contributed by atoms with E-state index >= 15 is 0 Å². The van der Waals surface area contributed by atoms with Gasteiger partial charge < -0.3 is 10.1 Å². The molecule has 1 aromatic carbocycles. The normalized spacial score (nSPS) is 12.0. The number of carboxylic acids is 1. The van der Waals surface area contributed by atoms with Crippen molar-refractivity contribution in [3.8, 4) is 0 Å². The third-order valence-corrected chi connectivity index (χ3v) is 3.44. The Balaban J connectivity index is 2.43. The van der Waals surface area contributed by atoms with Crippen LogP contribution in [0.3, 0.4) is 0 Å². The Morgan fingerprint density at radius 3 is 2.52 bits per heavy atom. The molecule has 1 heterocycles. The summed E-state index contributed by atoms with van der Waals surface area (Å²) in [7, 11) is 0. The van der Waals surface area contributed by atoms with Crippen molar-refractivity contribution in [2.75, 3.05) is 0 Å². The Labute approximate surface area is 123 Å². The molecule has 0 saturated carbocycles. The van der Waals surface area contributed by atoms with Crippen LogP contribution in [0.15, 0.2) is 47.3 Å². The van der Waals surface area contributed by atoms with Crippen molar-refractivity contribution in [1.82, 2.24) is 4.98 Å². The number of unbranched alkanes of at least 4 members (excludes halogenated alkanes) is 1. The summed E-state index contributed by atoms with van der Waals surface area (Å²) >= 11 is 0. The Morgan fingerprint density at radius 2 is 1.90 bits per heavy atom. The van der Waals surface area contributed by atoms with E-state index in [1.807, 2.05) is 6.07 Å². The molecular formula is C17H19NO3. The van der Waals surface area contributed by atoms with Crippen LogP contribution >= 0.6 is 0 Å². The number of rotatable bonds is 6. The summed E-state index contributed by atoms with van der Waals surface area (Å²) in [6.45, 7) is 2.08. The minimum Gasteiger partial charge on any atom is -0.481 e. The van der Waals surface area contributed by atoms with Gasteiger partial charge in [-0.15, -0.1) is 0 Å². The molecule has 2 N–H and O–H groups in total. The number of aromatic nitrogens is 1. The standard InChI is InChI=1S/C17H19NO3/c1-2-3-9-14-10-13(11-15(19)18-14)16(17(20)21)12-7-5-4-6-8-12/h4-8,10-11,16H,2-3,9H2,1H3,(H,18,19)(H,20,21). The third-order valence-electron chi connectivity index (χ3n) is 3.44. The van der Waals surface area contributed by atoms with Crippen LogP contribution in [0.1, 0.15) is 42.5 Å². The fourth-order valence-corrected chi connectivity index (χ4v) is 2.42. The molecule has 2 aromatic rings. The number of aryl methyl sites for hydroxylation is 1. The van der Waals surface area contributed by atoms with Crippen molar-refractivity contribution in [2.45, 2.75) is 32.1 Å². The number of benzene rings is 1. The fraction of sp³-hybridized carbons (Fsp3) is 0.294. The second-order valence-corrected chi connectivity index (χ2v) is 5.09. The van der Waals surface area contributed by atoms with Crippen LogP contribution in [0.25, 0.3) is 0 Å². The van der Waals surface area contributed by atoms with Crippen molar-refractivity contribution in [3.05, 3.63) is 69.6 Å². The molecule has 0 fully saturated rings. The van der Waals surface area contributed by atoms with Gasteiger partial charge in [-0.3, -0.25) is 9.59 Å². The first-order valence-electron chi connectivity index (χ1n) is 7.12. The van der Waals surface area contributed by atoms with Gasteiger partial charge in [0.25, 0.3) is 0 Å². The van der Waals surface area contributed by atoms with E-state index < -0.39 is 11.9 Å². The zero-order valence-corrected chi connectivity index (χ0v) is 12.0. The van der Waals surface area contributed by atoms with Crippen LogP contribution in [0.2, 0.25) is 0 Å². The molecule has 0 spiro atoms. The molecule has 0 amide bonds. The summed E-state index contributed by atoms with van der Waals surface area (Å²) in [6, 6.07) is 12.2. The molecule has 2 rings (SSSR count). The van der Waals surface area contributed by atoms with Gasteiger partial charge in [0.1, 0.15) is 5.92 Å². The molecule has 0 radical (unpaired) electrons. The molecule has 0 aliphatic carbocycles. The summed E-state index contributed by atoms with van der Waals surface area (Å²) in [5, 5.41) is 9.53. The highest BCUT2D eigenvalue weighted by atomic mass is 16.4. The number of carboxylic acid groups (broad SMARTS) is 1. The number of H-pyrrole nitrogens is 1. The lowest BCUT2D eigenvalue weighted by molar-refractivity contribution is -0.137. The van der Waals surface area contributed by atoms with Crippen molar-refractivity contribution >= 4 is 5.97 Å². The van der Waals surface area contributed by atoms with Gasteiger partial charge in [0.15, 0.2) is 0 Å². The van der Waals surface area contributed by atoms with Crippen molar-refractivity contribution in [2.24, 2.45) is 0 Å². The number of hydrogen-bond donors (Lipinski definition) is 2. The molecular weight excluding hydrogens is 266 g/mol. The van der Waals surface area contributed by atoms with Crippen molar-refractivity contribution < 1.29 is 9.90 Å². The van der Waals surface area contributed by atoms with E-state index in [0.717, 1.165) is 25.0 Å². The lowest BCUT2D eigenvalue weighted by Crippen LogP contribution is -2.18. The topological polar surface area (TPSA) is 70.2 Å². The molecule has 0 aliphatic heterocycles. The molecule has 1 unspecified atom stereocenters. The summed E-state index contributed by atoms with van der Waals surface area (Å²) < 4.78 is 0. The second-order valence-electron chi connectivity index (χ2n) is 5.09. The second kappa shape index (κ2) is 6.88. The quantitative estimate of drug-likeness (QED) is 0.857. The average Bonchev–Trinajstić information content (AvgIpc) is 2.45. The van der Waals surface area contributed by atoms with E-state index in [9.17, 15) is 14.7 Å². The lowest BCUT2D eigenvalue weighted by Gasteiger charge is -2.14. The highest BCUT2D eigenvalue weighted by molar-refractivity contribution is 5.80. The maximum absolute atomic E-state index is 11.8. The fourth-order valence-electron chi connectivity index (χ4n) is 2.42. The highest BCUT2D eigenvalue weighted by Crippen LogP contribution is 2.24. The van der Waals surface area contributed by atoms with Crippen LogP contribution in [-0.2, 0) is 11.2 Å². The number of carbonyl (C=O) groups is 1. The van der Waals surface area contributed by atoms with Crippen LogP contribution in [0.5, 0.6) is 0 Å². The molecule has 4 nitrogen and oxygen atoms in total. The Bertz CT molecular complexity index is 661. The third kappa shape index (κ3) is 3.81. The molecule has 21 heavy (non-hydrogen) atoms. The van der Waals surface area contributed by atoms with Gasteiger partial charge in [0.2, 0.25) is 5.56 Å². The van der Waals surface area contributed by atoms with E-state index in [2.05, 4.69) is 11.9 Å². The zero-order valence-electron chi connectivity index (χ0n) is 12.0. The molecule has 0 bridgehead atoms. The summed E-state index contributed by atoms with van der Waals surface area (Å²) in [5.74, 6) is -1.76. The average molecular weight is 285 g/mol. The number of pyridine rings is 1. The summed E-state index contributed by atoms with van der Waals surface area (Å²) in [5.41, 5.74) is 1.75. The van der Waals surface area contributed by atoms with E-state index in [1.165, 1.54) is 6.07 Å². The molecule has 110 valence electrons. The van der Waals surface area contributed by atoms with Crippen LogP contribution in [0, 0.1) is 0 Å². The maximum atomic E-state index is 11.8. The number of aromatic amines is 1. The molecule has 0 saturated heterocycles. The van der Waals surface area contributed by atoms with Crippen molar-refractivity contribution in [3.63, 3.8) is 0 Å². The smallest absolute Gasteiger partial charge is 0.315 e. The van der Waals surface area contributed by atoms with Crippen LogP contribution < -0.4 is 5.56 Å². The van der Waals surface area contributed by atoms with Gasteiger partial charge in [0, 0.05) is 11.8 Å². The van der Waals surface area contributed by atoms with Gasteiger partial charge in [0.05, 0.1) is 0 Å². The van der Waals surface area contributed by atoms with Crippen LogP contribution in [-0.4, -0.2) is 16.1 Å². The first kappa shape index (κ1) is 15.0. The summed E-state index contributed by atoms with van der Waals surface area (Å²) in [6.07, 6.45) is 2.73. The molecule has 1 aromatic heterocycles. The minimum absolute atomic E-state index is 0.249. The maximum Gasteiger partial charge on any atom is 0.315 e. The summed E-state index contributed by atoms with van der Waals surface area (Å²) in [4.78, 5) is 26.2. The van der Waals surface area contributed by atoms with Gasteiger partial charge in [-0.2, -0.15) is 0 Å². The zero-order chi connectivity index (χ0) is 15.2.